The van der Waals surface area contributed by atoms with Gasteiger partial charge in [-0.3, -0.25) is 19.3 Å². The molecule has 1 aliphatic rings. The number of rotatable bonds is 14. The Bertz CT molecular complexity index is 2360. The molecule has 1 atom stereocenters. The Labute approximate surface area is 343 Å². The van der Waals surface area contributed by atoms with Crippen LogP contribution in [0.2, 0.25) is 0 Å². The topological polar surface area (TPSA) is 117 Å². The molecule has 6 aromatic rings. The number of hydrogen-bond acceptors (Lipinski definition) is 9. The molecule has 0 saturated carbocycles. The first-order valence-electron chi connectivity index (χ1n) is 18.5. The van der Waals surface area contributed by atoms with Crippen LogP contribution in [-0.4, -0.2) is 41.7 Å². The summed E-state index contributed by atoms with van der Waals surface area (Å²) in [6.07, 6.45) is 2.30. The molecule has 1 unspecified atom stereocenters. The van der Waals surface area contributed by atoms with Crippen LogP contribution in [0.15, 0.2) is 143 Å². The fraction of sp³-hybridized carbons (Fsp3) is 0.156. The lowest BCUT2D eigenvalue weighted by Gasteiger charge is -2.27. The van der Waals surface area contributed by atoms with E-state index in [1.165, 1.54) is 40.0 Å². The molecule has 0 aliphatic carbocycles. The number of nitrogens with zero attached hydrogens (tertiary/aromatic N) is 1. The predicted molar refractivity (Wildman–Crippen MR) is 229 cm³/mol. The van der Waals surface area contributed by atoms with E-state index in [1.54, 1.807) is 55.5 Å². The molecule has 0 fully saturated rings. The van der Waals surface area contributed by atoms with Crippen molar-refractivity contribution in [2.45, 2.75) is 36.6 Å². The van der Waals surface area contributed by atoms with Gasteiger partial charge >= 0.3 is 5.97 Å². The van der Waals surface area contributed by atoms with E-state index in [0.717, 1.165) is 39.6 Å². The fourth-order valence-corrected chi connectivity index (χ4v) is 9.45. The first-order chi connectivity index (χ1) is 27.8. The molecule has 0 radical (unpaired) electrons. The van der Waals surface area contributed by atoms with E-state index in [4.69, 9.17) is 4.74 Å². The van der Waals surface area contributed by atoms with Gasteiger partial charge in [-0.15, -0.1) is 23.1 Å². The molecular formula is C45H40N4O5S3. The van der Waals surface area contributed by atoms with Crippen LogP contribution in [0.5, 0.6) is 0 Å². The van der Waals surface area contributed by atoms with Crippen molar-refractivity contribution in [1.82, 2.24) is 10.2 Å². The highest BCUT2D eigenvalue weighted by Gasteiger charge is 2.31. The lowest BCUT2D eigenvalue weighted by Crippen LogP contribution is -2.30. The Morgan fingerprint density at radius 2 is 1.61 bits per heavy atom. The zero-order chi connectivity index (χ0) is 39.6. The second kappa shape index (κ2) is 18.9. The summed E-state index contributed by atoms with van der Waals surface area (Å²) in [6.45, 7) is 4.22. The number of carbonyl (C=O) groups is 4. The summed E-state index contributed by atoms with van der Waals surface area (Å²) in [5.41, 5.74) is 5.11. The first-order valence-corrected chi connectivity index (χ1v) is 21.1. The number of carbonyl (C=O) groups excluding carboxylic acids is 4. The fourth-order valence-electron chi connectivity index (χ4n) is 6.47. The highest BCUT2D eigenvalue weighted by atomic mass is 32.2. The van der Waals surface area contributed by atoms with Gasteiger partial charge in [0.1, 0.15) is 15.9 Å². The molecule has 1 aliphatic heterocycles. The van der Waals surface area contributed by atoms with Gasteiger partial charge < -0.3 is 20.7 Å². The van der Waals surface area contributed by atoms with Gasteiger partial charge in [-0.25, -0.2) is 4.79 Å². The average Bonchev–Trinajstić information content (AvgIpc) is 3.88. The van der Waals surface area contributed by atoms with Crippen LogP contribution in [0, 0.1) is 0 Å². The van der Waals surface area contributed by atoms with Crippen LogP contribution < -0.4 is 16.0 Å². The molecule has 3 amide bonds. The van der Waals surface area contributed by atoms with Crippen LogP contribution >= 0.6 is 34.4 Å². The van der Waals surface area contributed by atoms with Crippen molar-refractivity contribution in [1.29, 1.82) is 0 Å². The van der Waals surface area contributed by atoms with Crippen LogP contribution in [-0.2, 0) is 33.8 Å². The van der Waals surface area contributed by atoms with Gasteiger partial charge in [0.05, 0.1) is 12.2 Å². The maximum atomic E-state index is 14.4. The van der Waals surface area contributed by atoms with E-state index in [0.29, 0.717) is 34.8 Å². The molecular weight excluding hydrogens is 773 g/mol. The predicted octanol–water partition coefficient (Wildman–Crippen LogP) is 9.43. The number of amides is 3. The van der Waals surface area contributed by atoms with Crippen molar-refractivity contribution in [3.63, 3.8) is 0 Å². The molecule has 0 spiro atoms. The first kappa shape index (κ1) is 39.4. The highest BCUT2D eigenvalue weighted by Crippen LogP contribution is 2.41. The molecule has 7 rings (SSSR count). The molecule has 288 valence electrons. The third kappa shape index (κ3) is 10.2. The minimum absolute atomic E-state index is 0.0843. The quantitative estimate of drug-likeness (QED) is 0.0570. The van der Waals surface area contributed by atoms with Crippen molar-refractivity contribution < 1.29 is 23.9 Å². The second-order valence-corrected chi connectivity index (χ2v) is 16.3. The van der Waals surface area contributed by atoms with E-state index in [9.17, 15) is 19.2 Å². The number of nitrogens with one attached hydrogen (secondary N) is 3. The van der Waals surface area contributed by atoms with Crippen molar-refractivity contribution in [3.8, 4) is 0 Å². The maximum absolute atomic E-state index is 14.4. The van der Waals surface area contributed by atoms with Gasteiger partial charge in [-0.2, -0.15) is 11.3 Å². The Morgan fingerprint density at radius 1 is 0.877 bits per heavy atom. The van der Waals surface area contributed by atoms with Crippen LogP contribution in [0.1, 0.15) is 60.0 Å². The summed E-state index contributed by atoms with van der Waals surface area (Å²) in [5, 5.41) is 12.4. The molecule has 2 aromatic heterocycles. The van der Waals surface area contributed by atoms with E-state index >= 15 is 0 Å². The minimum atomic E-state index is -0.708. The molecule has 57 heavy (non-hydrogen) atoms. The Hall–Kier alpha value is -5.79. The Balaban J connectivity index is 1.11. The van der Waals surface area contributed by atoms with E-state index < -0.39 is 23.0 Å². The normalized spacial score (nSPS) is 13.2. The molecule has 3 heterocycles. The maximum Gasteiger partial charge on any atom is 0.341 e. The van der Waals surface area contributed by atoms with Crippen LogP contribution in [0.25, 0.3) is 6.08 Å². The van der Waals surface area contributed by atoms with Gasteiger partial charge in [-0.05, 0) is 88.8 Å². The molecule has 9 nitrogen and oxygen atoms in total. The zero-order valence-electron chi connectivity index (χ0n) is 31.1. The summed E-state index contributed by atoms with van der Waals surface area (Å²) in [6, 6.07) is 37.5. The van der Waals surface area contributed by atoms with Crippen LogP contribution in [0.4, 0.5) is 10.7 Å². The molecule has 12 heteroatoms. The standard InChI is InChI=1S/C45H40N4O5S3/c1-2-54-45(53)39-36-21-23-49(27-30-13-6-3-7-14-30)28-38(36)57-44(39)48-43(52)40(32-15-8-4-9-16-32)56-35-20-12-19-34(26-35)46-42(51)37(25-31-22-24-55-29-31)47-41(50)33-17-10-5-11-18-33/h3-20,22,24-26,29,40H,2,21,23,27-28H2,1H3,(H,46,51)(H,47,50)(H,48,52)/b37-25-. The lowest BCUT2D eigenvalue weighted by molar-refractivity contribution is -0.116. The highest BCUT2D eigenvalue weighted by molar-refractivity contribution is 8.00. The second-order valence-electron chi connectivity index (χ2n) is 13.2. The number of fused-ring (bicyclic) bond motifs is 1. The largest absolute Gasteiger partial charge is 0.462 e. The van der Waals surface area contributed by atoms with Gasteiger partial charge in [-0.1, -0.05) is 84.9 Å². The van der Waals surface area contributed by atoms with E-state index in [-0.39, 0.29) is 18.2 Å². The van der Waals surface area contributed by atoms with Crippen LogP contribution in [0.3, 0.4) is 0 Å². The summed E-state index contributed by atoms with van der Waals surface area (Å²) >= 11 is 4.24. The third-order valence-corrected chi connectivity index (χ3v) is 12.3. The third-order valence-electron chi connectivity index (χ3n) is 9.17. The minimum Gasteiger partial charge on any atom is -0.462 e. The number of thiophene rings is 2. The Kier molecular flexibility index (Phi) is 13.1. The molecule has 3 N–H and O–H groups in total. The van der Waals surface area contributed by atoms with E-state index in [2.05, 4.69) is 33.0 Å². The molecule has 0 saturated heterocycles. The number of hydrogen-bond donors (Lipinski definition) is 3. The van der Waals surface area contributed by atoms with E-state index in [1.807, 2.05) is 77.5 Å². The monoisotopic (exact) mass is 812 g/mol. The van der Waals surface area contributed by atoms with Gasteiger partial charge in [0.2, 0.25) is 5.91 Å². The number of thioether (sulfide) groups is 1. The number of esters is 1. The number of anilines is 2. The molecule has 4 aromatic carbocycles. The summed E-state index contributed by atoms with van der Waals surface area (Å²) in [5.74, 6) is -1.65. The van der Waals surface area contributed by atoms with Gasteiger partial charge in [0, 0.05) is 40.7 Å². The molecule has 0 bridgehead atoms. The van der Waals surface area contributed by atoms with Crippen molar-refractivity contribution in [2.75, 3.05) is 23.8 Å². The lowest BCUT2D eigenvalue weighted by atomic mass is 10.0. The Morgan fingerprint density at radius 3 is 2.33 bits per heavy atom. The van der Waals surface area contributed by atoms with Crippen molar-refractivity contribution >= 4 is 74.9 Å². The van der Waals surface area contributed by atoms with Crippen molar-refractivity contribution in [3.05, 3.63) is 176 Å². The number of benzene rings is 4. The summed E-state index contributed by atoms with van der Waals surface area (Å²) in [7, 11) is 0. The van der Waals surface area contributed by atoms with Crippen molar-refractivity contribution in [2.24, 2.45) is 0 Å². The zero-order valence-corrected chi connectivity index (χ0v) is 33.6. The summed E-state index contributed by atoms with van der Waals surface area (Å²) < 4.78 is 5.51. The average molecular weight is 813 g/mol. The SMILES string of the molecule is CCOC(=O)c1c(NC(=O)C(Sc2cccc(NC(=O)/C(=C/c3ccsc3)NC(=O)c3ccccc3)c2)c2ccccc2)sc2c1CCN(Cc1ccccc1)C2. The van der Waals surface area contributed by atoms with Gasteiger partial charge in [0.15, 0.2) is 0 Å². The van der Waals surface area contributed by atoms with Gasteiger partial charge in [0.25, 0.3) is 11.8 Å². The number of ether oxygens (including phenoxy) is 1. The smallest absolute Gasteiger partial charge is 0.341 e. The summed E-state index contributed by atoms with van der Waals surface area (Å²) in [4.78, 5) is 58.7.